The van der Waals surface area contributed by atoms with Crippen molar-refractivity contribution in [1.29, 1.82) is 0 Å². The lowest BCUT2D eigenvalue weighted by atomic mass is 10.1. The van der Waals surface area contributed by atoms with Gasteiger partial charge in [-0.15, -0.1) is 0 Å². The summed E-state index contributed by atoms with van der Waals surface area (Å²) in [6, 6.07) is 10.6. The Morgan fingerprint density at radius 3 is 2.33 bits per heavy atom. The molecule has 0 aliphatic rings. The van der Waals surface area contributed by atoms with E-state index in [4.69, 9.17) is 35.4 Å². The number of non-ortho nitro benzene ring substituents is 1. The molecule has 0 aliphatic carbocycles. The molecule has 2 aromatic rings. The van der Waals surface area contributed by atoms with Crippen molar-refractivity contribution >= 4 is 51.9 Å². The molecule has 0 saturated heterocycles. The fraction of sp³-hybridized carbons (Fsp3) is 0.133. The Labute approximate surface area is 153 Å². The van der Waals surface area contributed by atoms with Gasteiger partial charge in [0.1, 0.15) is 0 Å². The fourth-order valence-corrected chi connectivity index (χ4v) is 2.65. The van der Waals surface area contributed by atoms with Crippen LogP contribution in [-0.4, -0.2) is 21.7 Å². The molecule has 2 rings (SSSR count). The number of hydrogen-bond acceptors (Lipinski definition) is 4. The SMILES string of the molecule is O=[N+]([O-])c1ccc([C@@H](O)CNC(=S)Nc2cc(Cl)cc(Cl)c2)cc1. The molecule has 9 heteroatoms. The summed E-state index contributed by atoms with van der Waals surface area (Å²) in [5.41, 5.74) is 1.13. The van der Waals surface area contributed by atoms with Gasteiger partial charge in [-0.2, -0.15) is 0 Å². The highest BCUT2D eigenvalue weighted by atomic mass is 35.5. The largest absolute Gasteiger partial charge is 0.387 e. The minimum absolute atomic E-state index is 0.0334. The van der Waals surface area contributed by atoms with Gasteiger partial charge in [0.15, 0.2) is 5.11 Å². The monoisotopic (exact) mass is 385 g/mol. The zero-order valence-electron chi connectivity index (χ0n) is 12.2. The van der Waals surface area contributed by atoms with E-state index in [1.54, 1.807) is 18.2 Å². The molecule has 0 bridgehead atoms. The summed E-state index contributed by atoms with van der Waals surface area (Å²) in [6.45, 7) is 0.137. The number of nitro groups is 1. The number of hydrogen-bond donors (Lipinski definition) is 3. The molecule has 3 N–H and O–H groups in total. The standard InChI is InChI=1S/C15H13Cl2N3O3S/c16-10-5-11(17)7-12(6-10)19-15(24)18-8-14(21)9-1-3-13(4-2-9)20(22)23/h1-7,14,21H,8H2,(H2,18,19,24)/t14-/m0/s1. The number of nitrogens with zero attached hydrogens (tertiary/aromatic N) is 1. The Balaban J connectivity index is 1.89. The average Bonchev–Trinajstić information content (AvgIpc) is 2.51. The average molecular weight is 386 g/mol. The minimum atomic E-state index is -0.867. The maximum atomic E-state index is 10.6. The Kier molecular flexibility index (Phi) is 6.33. The van der Waals surface area contributed by atoms with Crippen LogP contribution >= 0.6 is 35.4 Å². The summed E-state index contributed by atoms with van der Waals surface area (Å²) in [5.74, 6) is 0. The molecule has 0 amide bonds. The van der Waals surface area contributed by atoms with Crippen molar-refractivity contribution in [3.8, 4) is 0 Å². The molecule has 0 spiro atoms. The van der Waals surface area contributed by atoms with Crippen LogP contribution in [0.25, 0.3) is 0 Å². The topological polar surface area (TPSA) is 87.4 Å². The van der Waals surface area contributed by atoms with Crippen molar-refractivity contribution in [2.24, 2.45) is 0 Å². The lowest BCUT2D eigenvalue weighted by Gasteiger charge is -2.15. The molecule has 0 fully saturated rings. The molecule has 0 unspecified atom stereocenters. The molecule has 24 heavy (non-hydrogen) atoms. The second kappa shape index (κ2) is 8.25. The zero-order chi connectivity index (χ0) is 17.7. The van der Waals surface area contributed by atoms with E-state index in [1.165, 1.54) is 24.3 Å². The molecular formula is C15H13Cl2N3O3S. The van der Waals surface area contributed by atoms with Crippen molar-refractivity contribution in [3.63, 3.8) is 0 Å². The van der Waals surface area contributed by atoms with Gasteiger partial charge in [-0.25, -0.2) is 0 Å². The number of halogens is 2. The normalized spacial score (nSPS) is 11.6. The summed E-state index contributed by atoms with van der Waals surface area (Å²) in [5, 5.41) is 27.7. The molecule has 1 atom stereocenters. The number of nitrogens with one attached hydrogen (secondary N) is 2. The summed E-state index contributed by atoms with van der Waals surface area (Å²) in [4.78, 5) is 10.1. The van der Waals surface area contributed by atoms with Gasteiger partial charge >= 0.3 is 0 Å². The van der Waals surface area contributed by atoms with E-state index in [0.717, 1.165) is 0 Å². The first-order chi connectivity index (χ1) is 11.3. The molecular weight excluding hydrogens is 373 g/mol. The summed E-state index contributed by atoms with van der Waals surface area (Å²) >= 11 is 16.9. The molecule has 0 aromatic heterocycles. The predicted molar refractivity (Wildman–Crippen MR) is 98.7 cm³/mol. The molecule has 126 valence electrons. The van der Waals surface area contributed by atoms with Crippen molar-refractivity contribution < 1.29 is 10.0 Å². The Bertz CT molecular complexity index is 736. The number of thiocarbonyl (C=S) groups is 1. The van der Waals surface area contributed by atoms with Crippen molar-refractivity contribution in [2.75, 3.05) is 11.9 Å². The minimum Gasteiger partial charge on any atom is -0.387 e. The first-order valence-corrected chi connectivity index (χ1v) is 7.95. The van der Waals surface area contributed by atoms with Crippen LogP contribution < -0.4 is 10.6 Å². The van der Waals surface area contributed by atoms with E-state index >= 15 is 0 Å². The highest BCUT2D eigenvalue weighted by molar-refractivity contribution is 7.80. The second-order valence-corrected chi connectivity index (χ2v) is 6.14. The van der Waals surface area contributed by atoms with Crippen LogP contribution in [-0.2, 0) is 0 Å². The van der Waals surface area contributed by atoms with Crippen LogP contribution in [0.4, 0.5) is 11.4 Å². The number of benzene rings is 2. The number of nitro benzene ring substituents is 1. The molecule has 0 saturated carbocycles. The van der Waals surface area contributed by atoms with Gasteiger partial charge in [-0.05, 0) is 48.1 Å². The molecule has 0 heterocycles. The smallest absolute Gasteiger partial charge is 0.269 e. The van der Waals surface area contributed by atoms with Gasteiger partial charge in [-0.3, -0.25) is 10.1 Å². The molecule has 0 aliphatic heterocycles. The van der Waals surface area contributed by atoms with Gasteiger partial charge in [0.25, 0.3) is 5.69 Å². The maximum absolute atomic E-state index is 10.6. The third kappa shape index (κ3) is 5.31. The highest BCUT2D eigenvalue weighted by Crippen LogP contribution is 2.22. The van der Waals surface area contributed by atoms with Gasteiger partial charge in [0.2, 0.25) is 0 Å². The summed E-state index contributed by atoms with van der Waals surface area (Å²) < 4.78 is 0. The third-order valence-electron chi connectivity index (χ3n) is 3.07. The van der Waals surface area contributed by atoms with Crippen LogP contribution in [0.1, 0.15) is 11.7 Å². The maximum Gasteiger partial charge on any atom is 0.269 e. The van der Waals surface area contributed by atoms with Gasteiger partial charge < -0.3 is 15.7 Å². The van der Waals surface area contributed by atoms with Crippen molar-refractivity contribution in [1.82, 2.24) is 5.32 Å². The lowest BCUT2D eigenvalue weighted by Crippen LogP contribution is -2.32. The van der Waals surface area contributed by atoms with Crippen molar-refractivity contribution in [2.45, 2.75) is 6.10 Å². The van der Waals surface area contributed by atoms with E-state index < -0.39 is 11.0 Å². The van der Waals surface area contributed by atoms with E-state index in [1.807, 2.05) is 0 Å². The number of aliphatic hydroxyl groups is 1. The first-order valence-electron chi connectivity index (χ1n) is 6.78. The van der Waals surface area contributed by atoms with Gasteiger partial charge in [0.05, 0.1) is 11.0 Å². The van der Waals surface area contributed by atoms with E-state index in [-0.39, 0.29) is 17.3 Å². The van der Waals surface area contributed by atoms with Gasteiger partial charge in [-0.1, -0.05) is 23.2 Å². The lowest BCUT2D eigenvalue weighted by molar-refractivity contribution is -0.384. The van der Waals surface area contributed by atoms with Crippen LogP contribution in [0.15, 0.2) is 42.5 Å². The molecule has 6 nitrogen and oxygen atoms in total. The summed E-state index contributed by atoms with van der Waals surface area (Å²) in [7, 11) is 0. The second-order valence-electron chi connectivity index (χ2n) is 4.86. The van der Waals surface area contributed by atoms with E-state index in [0.29, 0.717) is 21.3 Å². The molecule has 0 radical (unpaired) electrons. The van der Waals surface area contributed by atoms with Crippen LogP contribution in [0.3, 0.4) is 0 Å². The van der Waals surface area contributed by atoms with Crippen LogP contribution in [0.5, 0.6) is 0 Å². The fourth-order valence-electron chi connectivity index (χ4n) is 1.93. The Morgan fingerprint density at radius 1 is 1.21 bits per heavy atom. The molecule has 2 aromatic carbocycles. The summed E-state index contributed by atoms with van der Waals surface area (Å²) in [6.07, 6.45) is -0.867. The quantitative estimate of drug-likeness (QED) is 0.410. The number of rotatable bonds is 5. The predicted octanol–water partition coefficient (Wildman–Crippen LogP) is 3.92. The van der Waals surface area contributed by atoms with Gasteiger partial charge in [0, 0.05) is 34.4 Å². The number of anilines is 1. The van der Waals surface area contributed by atoms with E-state index in [2.05, 4.69) is 10.6 Å². The number of aliphatic hydroxyl groups excluding tert-OH is 1. The highest BCUT2D eigenvalue weighted by Gasteiger charge is 2.11. The first kappa shape index (κ1) is 18.4. The Morgan fingerprint density at radius 2 is 1.79 bits per heavy atom. The zero-order valence-corrected chi connectivity index (χ0v) is 14.5. The van der Waals surface area contributed by atoms with Crippen LogP contribution in [0.2, 0.25) is 10.0 Å². The van der Waals surface area contributed by atoms with Crippen LogP contribution in [0, 0.1) is 10.1 Å². The Hall–Kier alpha value is -1.93. The van der Waals surface area contributed by atoms with E-state index in [9.17, 15) is 15.2 Å². The van der Waals surface area contributed by atoms with Crippen molar-refractivity contribution in [3.05, 3.63) is 68.2 Å². The third-order valence-corrected chi connectivity index (χ3v) is 3.75.